The number of benzene rings is 1. The van der Waals surface area contributed by atoms with Gasteiger partial charge in [0, 0.05) is 37.8 Å². The Morgan fingerprint density at radius 1 is 1.20 bits per heavy atom. The van der Waals surface area contributed by atoms with E-state index >= 15 is 0 Å². The van der Waals surface area contributed by atoms with Gasteiger partial charge in [-0.3, -0.25) is 14.8 Å². The number of halogens is 1. The topological polar surface area (TPSA) is 52.2 Å². The van der Waals surface area contributed by atoms with Crippen LogP contribution in [0.4, 0.5) is 4.39 Å². The third-order valence-electron chi connectivity index (χ3n) is 7.49. The number of fused-ring (bicyclic) bond motifs is 4. The summed E-state index contributed by atoms with van der Waals surface area (Å²) in [5.74, 6) is 1.15. The average Bonchev–Trinajstić information content (AvgIpc) is 3.29. The summed E-state index contributed by atoms with van der Waals surface area (Å²) in [5.41, 5.74) is 2.16. The van der Waals surface area contributed by atoms with Crippen LogP contribution in [0.2, 0.25) is 0 Å². The van der Waals surface area contributed by atoms with Gasteiger partial charge in [-0.25, -0.2) is 4.39 Å². The second kappa shape index (κ2) is 8.50. The van der Waals surface area contributed by atoms with Crippen molar-refractivity contribution in [3.8, 4) is 0 Å². The molecule has 3 saturated heterocycles. The first-order chi connectivity index (χ1) is 14.7. The van der Waals surface area contributed by atoms with E-state index < -0.39 is 0 Å². The van der Waals surface area contributed by atoms with Gasteiger partial charge in [-0.1, -0.05) is 18.6 Å². The van der Waals surface area contributed by atoms with Crippen molar-refractivity contribution < 1.29 is 9.18 Å². The zero-order chi connectivity index (χ0) is 20.5. The van der Waals surface area contributed by atoms with E-state index in [9.17, 15) is 9.18 Å². The number of carbonyl (C=O) groups excluding carboxylic acids is 1. The molecule has 4 heterocycles. The van der Waals surface area contributed by atoms with E-state index in [1.165, 1.54) is 31.7 Å². The maximum Gasteiger partial charge on any atom is 0.222 e. The normalized spacial score (nSPS) is 28.9. The Balaban J connectivity index is 1.32. The van der Waals surface area contributed by atoms with Gasteiger partial charge < -0.3 is 4.90 Å². The number of likely N-dealkylation sites (tertiary alicyclic amines) is 1. The lowest BCUT2D eigenvalue weighted by Gasteiger charge is -2.57. The molecule has 6 heteroatoms. The molecule has 2 aromatic rings. The van der Waals surface area contributed by atoms with Gasteiger partial charge in [0.2, 0.25) is 5.91 Å². The summed E-state index contributed by atoms with van der Waals surface area (Å²) in [4.78, 5) is 17.9. The van der Waals surface area contributed by atoms with E-state index in [-0.39, 0.29) is 11.7 Å². The summed E-state index contributed by atoms with van der Waals surface area (Å²) >= 11 is 0. The molecule has 3 fully saturated rings. The Kier molecular flexibility index (Phi) is 5.59. The third kappa shape index (κ3) is 4.02. The number of nitrogens with zero attached hydrogens (tertiary/aromatic N) is 3. The Labute approximate surface area is 177 Å². The van der Waals surface area contributed by atoms with Crippen molar-refractivity contribution in [3.63, 3.8) is 0 Å². The number of aromatic nitrogens is 2. The molecule has 160 valence electrons. The lowest BCUT2D eigenvalue weighted by Crippen LogP contribution is -2.64. The zero-order valence-electron chi connectivity index (χ0n) is 17.5. The van der Waals surface area contributed by atoms with Gasteiger partial charge in [-0.05, 0) is 73.7 Å². The van der Waals surface area contributed by atoms with Gasteiger partial charge >= 0.3 is 0 Å². The number of H-pyrrole nitrogens is 1. The van der Waals surface area contributed by atoms with Crippen LogP contribution in [0.1, 0.15) is 43.2 Å². The molecule has 0 radical (unpaired) electrons. The highest BCUT2D eigenvalue weighted by molar-refractivity contribution is 5.76. The molecule has 3 aliphatic heterocycles. The summed E-state index contributed by atoms with van der Waals surface area (Å²) in [5, 5.41) is 6.80. The first kappa shape index (κ1) is 19.7. The first-order valence-corrected chi connectivity index (χ1v) is 11.4. The molecule has 3 aliphatic rings. The van der Waals surface area contributed by atoms with E-state index in [1.54, 1.807) is 12.3 Å². The number of carbonyl (C=O) groups is 1. The number of nitrogens with one attached hydrogen (secondary N) is 1. The number of aromatic amines is 1. The second-order valence-corrected chi connectivity index (χ2v) is 9.36. The number of piperidine rings is 3. The van der Waals surface area contributed by atoms with Crippen molar-refractivity contribution in [2.24, 2.45) is 11.8 Å². The highest BCUT2D eigenvalue weighted by Crippen LogP contribution is 2.42. The van der Waals surface area contributed by atoms with Crippen LogP contribution >= 0.6 is 0 Å². The summed E-state index contributed by atoms with van der Waals surface area (Å²) in [6.45, 7) is 2.88. The Morgan fingerprint density at radius 2 is 2.10 bits per heavy atom. The molecule has 0 spiro atoms. The maximum atomic E-state index is 13.8. The van der Waals surface area contributed by atoms with Gasteiger partial charge in [0.1, 0.15) is 5.82 Å². The molecule has 1 amide bonds. The summed E-state index contributed by atoms with van der Waals surface area (Å²) in [7, 11) is 0. The third-order valence-corrected chi connectivity index (χ3v) is 7.49. The van der Waals surface area contributed by atoms with Crippen LogP contribution in [0, 0.1) is 17.7 Å². The molecule has 30 heavy (non-hydrogen) atoms. The molecule has 5 nitrogen and oxygen atoms in total. The van der Waals surface area contributed by atoms with E-state index in [1.807, 2.05) is 18.3 Å². The number of amides is 1. The standard InChI is InChI=1S/C24H31FN4O/c25-21-5-3-4-17(10-21)11-23-20-12-19(22-6-1-2-9-29(22)23)15-28(16-20)24(30)8-7-18-13-26-27-14-18/h3-5,10,13-14,19-20,22-23H,1-2,6-9,11-12,15-16H2,(H,26,27)/t19-,20+,22+,23+/m1/s1. The Morgan fingerprint density at radius 3 is 2.93 bits per heavy atom. The Bertz CT molecular complexity index is 870. The number of rotatable bonds is 5. The SMILES string of the molecule is O=C(CCc1cn[nH]c1)N1C[C@H]2C[C@@H](C1)[C@H](Cc1cccc(F)c1)N1CCCC[C@@H]21. The van der Waals surface area contributed by atoms with Gasteiger partial charge in [0.15, 0.2) is 0 Å². The number of hydrogen-bond donors (Lipinski definition) is 1. The van der Waals surface area contributed by atoms with Gasteiger partial charge in [-0.15, -0.1) is 0 Å². The minimum atomic E-state index is -0.156. The van der Waals surface area contributed by atoms with E-state index in [2.05, 4.69) is 20.0 Å². The van der Waals surface area contributed by atoms with Crippen LogP contribution in [0.25, 0.3) is 0 Å². The molecule has 1 N–H and O–H groups in total. The first-order valence-electron chi connectivity index (χ1n) is 11.4. The zero-order valence-corrected chi connectivity index (χ0v) is 17.5. The summed E-state index contributed by atoms with van der Waals surface area (Å²) in [6, 6.07) is 8.03. The maximum absolute atomic E-state index is 13.8. The predicted octanol–water partition coefficient (Wildman–Crippen LogP) is 3.43. The fraction of sp³-hybridized carbons (Fsp3) is 0.583. The minimum Gasteiger partial charge on any atom is -0.342 e. The van der Waals surface area contributed by atoms with Crippen molar-refractivity contribution >= 4 is 5.91 Å². The van der Waals surface area contributed by atoms with Crippen LogP contribution in [0.15, 0.2) is 36.7 Å². The highest BCUT2D eigenvalue weighted by atomic mass is 19.1. The molecule has 0 unspecified atom stereocenters. The lowest BCUT2D eigenvalue weighted by atomic mass is 9.71. The minimum absolute atomic E-state index is 0.156. The molecular weight excluding hydrogens is 379 g/mol. The van der Waals surface area contributed by atoms with Crippen LogP contribution in [-0.2, 0) is 17.6 Å². The average molecular weight is 411 g/mol. The molecule has 2 bridgehead atoms. The second-order valence-electron chi connectivity index (χ2n) is 9.36. The van der Waals surface area contributed by atoms with Gasteiger partial charge in [0.25, 0.3) is 0 Å². The predicted molar refractivity (Wildman–Crippen MR) is 113 cm³/mol. The summed E-state index contributed by atoms with van der Waals surface area (Å²) in [6.07, 6.45) is 10.8. The van der Waals surface area contributed by atoms with Crippen molar-refractivity contribution in [1.29, 1.82) is 0 Å². The quantitative estimate of drug-likeness (QED) is 0.822. The van der Waals surface area contributed by atoms with E-state index in [4.69, 9.17) is 0 Å². The lowest BCUT2D eigenvalue weighted by molar-refractivity contribution is -0.140. The van der Waals surface area contributed by atoms with E-state index in [0.717, 1.165) is 43.6 Å². The molecular formula is C24H31FN4O. The number of aryl methyl sites for hydroxylation is 1. The largest absolute Gasteiger partial charge is 0.342 e. The van der Waals surface area contributed by atoms with Gasteiger partial charge in [-0.2, -0.15) is 5.10 Å². The van der Waals surface area contributed by atoms with Crippen LogP contribution in [0.3, 0.4) is 0 Å². The Hall–Kier alpha value is -2.21. The number of hydrogen-bond acceptors (Lipinski definition) is 3. The molecule has 5 rings (SSSR count). The van der Waals surface area contributed by atoms with Crippen molar-refractivity contribution in [2.75, 3.05) is 19.6 Å². The van der Waals surface area contributed by atoms with Crippen LogP contribution in [-0.4, -0.2) is 57.6 Å². The highest BCUT2D eigenvalue weighted by Gasteiger charge is 2.47. The van der Waals surface area contributed by atoms with Crippen LogP contribution in [0.5, 0.6) is 0 Å². The molecule has 1 aromatic heterocycles. The molecule has 0 aliphatic carbocycles. The van der Waals surface area contributed by atoms with Crippen molar-refractivity contribution in [2.45, 2.75) is 57.0 Å². The fourth-order valence-electron chi connectivity index (χ4n) is 6.12. The molecule has 0 saturated carbocycles. The van der Waals surface area contributed by atoms with Crippen molar-refractivity contribution in [1.82, 2.24) is 20.0 Å². The van der Waals surface area contributed by atoms with Gasteiger partial charge in [0.05, 0.1) is 6.20 Å². The van der Waals surface area contributed by atoms with Crippen molar-refractivity contribution in [3.05, 3.63) is 53.6 Å². The molecule has 4 atom stereocenters. The molecule has 1 aromatic carbocycles. The monoisotopic (exact) mass is 410 g/mol. The summed E-state index contributed by atoms with van der Waals surface area (Å²) < 4.78 is 13.8. The van der Waals surface area contributed by atoms with E-state index in [0.29, 0.717) is 30.3 Å². The fourth-order valence-corrected chi connectivity index (χ4v) is 6.12. The van der Waals surface area contributed by atoms with Crippen LogP contribution < -0.4 is 0 Å². The smallest absolute Gasteiger partial charge is 0.222 e.